The Bertz CT molecular complexity index is 777. The summed E-state index contributed by atoms with van der Waals surface area (Å²) in [5, 5.41) is 1.87. The van der Waals surface area contributed by atoms with E-state index in [1.165, 1.54) is 0 Å². The third-order valence-electron chi connectivity index (χ3n) is 2.72. The lowest BCUT2D eigenvalue weighted by atomic mass is 10.0. The predicted octanol–water partition coefficient (Wildman–Crippen LogP) is 3.49. The van der Waals surface area contributed by atoms with Gasteiger partial charge in [0, 0.05) is 23.3 Å². The molecule has 0 unspecified atom stereocenters. The number of nitrogens with one attached hydrogen (secondary N) is 1. The molecule has 3 rings (SSSR count). The van der Waals surface area contributed by atoms with Crippen molar-refractivity contribution in [2.24, 2.45) is 0 Å². The molecule has 0 aliphatic rings. The lowest BCUT2D eigenvalue weighted by molar-refractivity contribution is 0.617. The molecule has 3 aromatic rings. The number of nitrogens with zero attached hydrogens (tertiary/aromatic N) is 2. The standard InChI is InChI=1S/C13H8FN3S/c14-11-7-16-13(18)17-12(11)9-3-1-2-8-4-5-15-6-10(8)9/h1-7H,(H,16,17,18). The quantitative estimate of drug-likeness (QED) is 0.678. The van der Waals surface area contributed by atoms with Crippen molar-refractivity contribution in [3.8, 4) is 11.3 Å². The van der Waals surface area contributed by atoms with E-state index in [1.807, 2.05) is 24.3 Å². The summed E-state index contributed by atoms with van der Waals surface area (Å²) < 4.78 is 14.1. The van der Waals surface area contributed by atoms with Gasteiger partial charge in [-0.1, -0.05) is 18.2 Å². The zero-order valence-corrected chi connectivity index (χ0v) is 10.0. The van der Waals surface area contributed by atoms with Gasteiger partial charge in [0.25, 0.3) is 0 Å². The fourth-order valence-electron chi connectivity index (χ4n) is 1.91. The molecule has 0 atom stereocenters. The van der Waals surface area contributed by atoms with E-state index in [2.05, 4.69) is 15.0 Å². The van der Waals surface area contributed by atoms with Crippen LogP contribution in [0.2, 0.25) is 0 Å². The number of aromatic amines is 1. The van der Waals surface area contributed by atoms with Gasteiger partial charge in [0.1, 0.15) is 0 Å². The molecule has 2 aromatic heterocycles. The molecule has 0 bridgehead atoms. The second-order valence-electron chi connectivity index (χ2n) is 3.81. The second kappa shape index (κ2) is 4.27. The molecule has 0 aliphatic heterocycles. The first-order valence-corrected chi connectivity index (χ1v) is 5.74. The number of benzene rings is 1. The van der Waals surface area contributed by atoms with Crippen molar-refractivity contribution < 1.29 is 4.39 Å². The molecular formula is C13H8FN3S. The molecule has 18 heavy (non-hydrogen) atoms. The van der Waals surface area contributed by atoms with Crippen molar-refractivity contribution in [3.05, 3.63) is 53.4 Å². The van der Waals surface area contributed by atoms with Crippen LogP contribution in [0.3, 0.4) is 0 Å². The van der Waals surface area contributed by atoms with Crippen LogP contribution in [0.15, 0.2) is 42.9 Å². The summed E-state index contributed by atoms with van der Waals surface area (Å²) in [6.07, 6.45) is 4.54. The van der Waals surface area contributed by atoms with Crippen molar-refractivity contribution in [2.45, 2.75) is 0 Å². The summed E-state index contributed by atoms with van der Waals surface area (Å²) in [6, 6.07) is 7.53. The maximum Gasteiger partial charge on any atom is 0.197 e. The molecule has 0 fully saturated rings. The number of pyridine rings is 1. The second-order valence-corrected chi connectivity index (χ2v) is 4.20. The van der Waals surface area contributed by atoms with E-state index in [0.717, 1.165) is 22.5 Å². The fourth-order valence-corrected chi connectivity index (χ4v) is 2.06. The van der Waals surface area contributed by atoms with Gasteiger partial charge < -0.3 is 4.98 Å². The summed E-state index contributed by atoms with van der Waals surface area (Å²) in [5.41, 5.74) is 1.07. The van der Waals surface area contributed by atoms with Crippen molar-refractivity contribution in [3.63, 3.8) is 0 Å². The molecule has 5 heteroatoms. The summed E-state index contributed by atoms with van der Waals surface area (Å²) in [5.74, 6) is -0.431. The molecule has 3 nitrogen and oxygen atoms in total. The number of hydrogen-bond acceptors (Lipinski definition) is 3. The Balaban J connectivity index is 2.38. The van der Waals surface area contributed by atoms with Gasteiger partial charge in [0.2, 0.25) is 0 Å². The van der Waals surface area contributed by atoms with Gasteiger partial charge in [-0.3, -0.25) is 4.98 Å². The van der Waals surface area contributed by atoms with Crippen LogP contribution in [0.25, 0.3) is 22.0 Å². The van der Waals surface area contributed by atoms with Crippen molar-refractivity contribution in [1.29, 1.82) is 0 Å². The smallest absolute Gasteiger partial charge is 0.197 e. The van der Waals surface area contributed by atoms with Crippen LogP contribution in [-0.2, 0) is 0 Å². The van der Waals surface area contributed by atoms with E-state index < -0.39 is 5.82 Å². The SMILES string of the molecule is Fc1cnc(=S)[nH]c1-c1cccc2ccncc12. The Kier molecular flexibility index (Phi) is 2.60. The van der Waals surface area contributed by atoms with Gasteiger partial charge >= 0.3 is 0 Å². The molecule has 1 aromatic carbocycles. The molecule has 0 radical (unpaired) electrons. The van der Waals surface area contributed by atoms with Gasteiger partial charge in [-0.2, -0.15) is 0 Å². The largest absolute Gasteiger partial charge is 0.328 e. The average Bonchev–Trinajstić information content (AvgIpc) is 2.41. The number of aromatic nitrogens is 3. The van der Waals surface area contributed by atoms with E-state index in [9.17, 15) is 4.39 Å². The van der Waals surface area contributed by atoms with Crippen LogP contribution in [0.4, 0.5) is 4.39 Å². The third-order valence-corrected chi connectivity index (χ3v) is 2.93. The van der Waals surface area contributed by atoms with Gasteiger partial charge in [-0.05, 0) is 23.7 Å². The van der Waals surface area contributed by atoms with Crippen LogP contribution in [0, 0.1) is 10.6 Å². The van der Waals surface area contributed by atoms with E-state index >= 15 is 0 Å². The number of rotatable bonds is 1. The number of halogens is 1. The molecule has 0 saturated heterocycles. The minimum atomic E-state index is -0.431. The average molecular weight is 257 g/mol. The van der Waals surface area contributed by atoms with E-state index in [1.54, 1.807) is 12.4 Å². The molecular weight excluding hydrogens is 249 g/mol. The lowest BCUT2D eigenvalue weighted by Gasteiger charge is -2.06. The Morgan fingerprint density at radius 1 is 1.17 bits per heavy atom. The van der Waals surface area contributed by atoms with Crippen LogP contribution in [0.1, 0.15) is 0 Å². The third kappa shape index (κ3) is 1.78. The van der Waals surface area contributed by atoms with Crippen molar-refractivity contribution in [1.82, 2.24) is 15.0 Å². The Hall–Kier alpha value is -2.14. The van der Waals surface area contributed by atoms with Gasteiger partial charge in [-0.15, -0.1) is 0 Å². The minimum Gasteiger partial charge on any atom is -0.328 e. The van der Waals surface area contributed by atoms with Crippen LogP contribution in [0.5, 0.6) is 0 Å². The zero-order chi connectivity index (χ0) is 12.5. The topological polar surface area (TPSA) is 41.6 Å². The first-order valence-electron chi connectivity index (χ1n) is 5.33. The van der Waals surface area contributed by atoms with Crippen molar-refractivity contribution in [2.75, 3.05) is 0 Å². The van der Waals surface area contributed by atoms with E-state index in [-0.39, 0.29) is 4.77 Å². The fraction of sp³-hybridized carbons (Fsp3) is 0. The predicted molar refractivity (Wildman–Crippen MR) is 70.1 cm³/mol. The molecule has 2 heterocycles. The van der Waals surface area contributed by atoms with Crippen LogP contribution >= 0.6 is 12.2 Å². The summed E-state index contributed by atoms with van der Waals surface area (Å²) in [4.78, 5) is 10.6. The molecule has 0 spiro atoms. The normalized spacial score (nSPS) is 10.7. The first kappa shape index (κ1) is 11.0. The molecule has 88 valence electrons. The number of fused-ring (bicyclic) bond motifs is 1. The molecule has 1 N–H and O–H groups in total. The van der Waals surface area contributed by atoms with Crippen molar-refractivity contribution >= 4 is 23.0 Å². The zero-order valence-electron chi connectivity index (χ0n) is 9.22. The highest BCUT2D eigenvalue weighted by molar-refractivity contribution is 7.71. The maximum absolute atomic E-state index is 13.8. The summed E-state index contributed by atoms with van der Waals surface area (Å²) >= 11 is 4.93. The van der Waals surface area contributed by atoms with Gasteiger partial charge in [0.15, 0.2) is 10.6 Å². The highest BCUT2D eigenvalue weighted by Crippen LogP contribution is 2.27. The van der Waals surface area contributed by atoms with E-state index in [0.29, 0.717) is 5.69 Å². The Morgan fingerprint density at radius 2 is 2.06 bits per heavy atom. The first-order chi connectivity index (χ1) is 8.75. The number of H-pyrrole nitrogens is 1. The highest BCUT2D eigenvalue weighted by atomic mass is 32.1. The van der Waals surface area contributed by atoms with Crippen LogP contribution in [-0.4, -0.2) is 15.0 Å². The molecule has 0 aliphatic carbocycles. The van der Waals surface area contributed by atoms with Gasteiger partial charge in [-0.25, -0.2) is 9.37 Å². The number of hydrogen-bond donors (Lipinski definition) is 1. The molecule has 0 amide bonds. The Labute approximate surface area is 107 Å². The highest BCUT2D eigenvalue weighted by Gasteiger charge is 2.09. The minimum absolute atomic E-state index is 0.257. The Morgan fingerprint density at radius 3 is 2.94 bits per heavy atom. The molecule has 0 saturated carbocycles. The lowest BCUT2D eigenvalue weighted by Crippen LogP contribution is -1.93. The maximum atomic E-state index is 13.8. The monoisotopic (exact) mass is 257 g/mol. The van der Waals surface area contributed by atoms with E-state index in [4.69, 9.17) is 12.2 Å². The summed E-state index contributed by atoms with van der Waals surface area (Å²) in [7, 11) is 0. The summed E-state index contributed by atoms with van der Waals surface area (Å²) in [6.45, 7) is 0. The van der Waals surface area contributed by atoms with Crippen LogP contribution < -0.4 is 0 Å². The van der Waals surface area contributed by atoms with Gasteiger partial charge in [0.05, 0.1) is 11.9 Å².